The maximum atomic E-state index is 13.9. The molecule has 1 fully saturated rings. The van der Waals surface area contributed by atoms with Crippen LogP contribution in [-0.2, 0) is 50.1 Å². The first kappa shape index (κ1) is 67.4. The normalized spacial score (nSPS) is 14.9. The molecule has 16 N–H and O–H groups in total. The zero-order valence-corrected chi connectivity index (χ0v) is 48.5. The standard InChI is InChI=1S/C55H77N15O14S/c1-33(2)48(54(78)63-43(51(75)57-32-47(71)72)15-6-8-29-59-68-50(74)37-19-21-38(22-20-37)65-66-39-23-25-40(26-24-39)70(80)81)64-53(77)45-17-11-31-69(45)55(79)35(4)62-49(73)34(3)61-52(76)44(16-5-7-28-58-56)67-60-30-27-36-12-9-14-42-41(36)13-10-18-46(42)85(82,83)84/h9-10,12-14,18-26,33-35,43-45,48,58-60,65-67H,5-8,11,15-17,27-32,56H2,1-4H3,(H,57,75)(H,61,76)(H,62,73)(H,63,78)(H,64,77)(H,68,74)(H,71,72)(H,82,83,84)/t34-,35-,43-,44-,45-,48-/m0/s1. The van der Waals surface area contributed by atoms with Gasteiger partial charge in [-0.05, 0) is 131 Å². The Kier molecular flexibility index (Phi) is 26.3. The molecule has 1 saturated heterocycles. The van der Waals surface area contributed by atoms with Gasteiger partial charge < -0.3 is 47.4 Å². The van der Waals surface area contributed by atoms with E-state index in [0.29, 0.717) is 85.7 Å². The zero-order chi connectivity index (χ0) is 62.2. The Labute approximate surface area is 491 Å². The van der Waals surface area contributed by atoms with Gasteiger partial charge in [-0.25, -0.2) is 10.9 Å². The fourth-order valence-electron chi connectivity index (χ4n) is 9.25. The number of hydrazine groups is 4. The lowest BCUT2D eigenvalue weighted by Crippen LogP contribution is -2.59. The fraction of sp³-hybridized carbons (Fsp3) is 0.455. The lowest BCUT2D eigenvalue weighted by molar-refractivity contribution is -0.384. The van der Waals surface area contributed by atoms with Crippen LogP contribution in [-0.4, -0.2) is 144 Å². The van der Waals surface area contributed by atoms with Crippen molar-refractivity contribution in [3.8, 4) is 0 Å². The molecule has 0 aliphatic carbocycles. The Morgan fingerprint density at radius 3 is 1.96 bits per heavy atom. The third kappa shape index (κ3) is 21.0. The van der Waals surface area contributed by atoms with Crippen LogP contribution in [0.4, 0.5) is 17.1 Å². The van der Waals surface area contributed by atoms with Gasteiger partial charge in [-0.2, -0.15) is 8.42 Å². The highest BCUT2D eigenvalue weighted by molar-refractivity contribution is 7.86. The number of carbonyl (C=O) groups is 8. The van der Waals surface area contributed by atoms with Crippen LogP contribution in [0.3, 0.4) is 0 Å². The number of unbranched alkanes of at least 4 members (excludes halogenated alkanes) is 2. The van der Waals surface area contributed by atoms with E-state index in [0.717, 1.165) is 5.56 Å². The molecule has 7 amide bonds. The number of nitrogens with zero attached hydrogens (tertiary/aromatic N) is 2. The molecule has 6 atom stereocenters. The third-order valence-corrected chi connectivity index (χ3v) is 14.8. The largest absolute Gasteiger partial charge is 0.480 e. The smallest absolute Gasteiger partial charge is 0.322 e. The third-order valence-electron chi connectivity index (χ3n) is 13.9. The van der Waals surface area contributed by atoms with E-state index in [4.69, 9.17) is 5.84 Å². The molecule has 0 aromatic heterocycles. The number of rotatable bonds is 35. The van der Waals surface area contributed by atoms with Gasteiger partial charge in [0.15, 0.2) is 0 Å². The van der Waals surface area contributed by atoms with Crippen LogP contribution in [0.2, 0.25) is 0 Å². The average molecular weight is 1200 g/mol. The van der Waals surface area contributed by atoms with Crippen molar-refractivity contribution >= 4 is 85.3 Å². The lowest BCUT2D eigenvalue weighted by atomic mass is 10.0. The molecule has 0 bridgehead atoms. The number of nitro groups is 1. The van der Waals surface area contributed by atoms with Gasteiger partial charge in [-0.15, -0.1) is 0 Å². The van der Waals surface area contributed by atoms with Crippen LogP contribution in [0, 0.1) is 16.0 Å². The minimum atomic E-state index is -4.46. The summed E-state index contributed by atoms with van der Waals surface area (Å²) in [7, 11) is -4.46. The number of carboxylic acid groups (broad SMARTS) is 1. The van der Waals surface area contributed by atoms with Gasteiger partial charge in [0, 0.05) is 49.3 Å². The lowest BCUT2D eigenvalue weighted by Gasteiger charge is -2.30. The summed E-state index contributed by atoms with van der Waals surface area (Å²) >= 11 is 0. The molecule has 0 spiro atoms. The maximum absolute atomic E-state index is 13.9. The van der Waals surface area contributed by atoms with Crippen molar-refractivity contribution in [2.75, 3.05) is 43.6 Å². The molecule has 0 unspecified atom stereocenters. The van der Waals surface area contributed by atoms with Gasteiger partial charge in [0.1, 0.15) is 41.6 Å². The second kappa shape index (κ2) is 33.2. The van der Waals surface area contributed by atoms with Gasteiger partial charge in [0.2, 0.25) is 35.4 Å². The Morgan fingerprint density at radius 1 is 0.706 bits per heavy atom. The van der Waals surface area contributed by atoms with E-state index in [2.05, 4.69) is 64.6 Å². The van der Waals surface area contributed by atoms with Crippen LogP contribution in [0.15, 0.2) is 89.8 Å². The van der Waals surface area contributed by atoms with Crippen molar-refractivity contribution in [2.45, 2.75) is 127 Å². The summed E-state index contributed by atoms with van der Waals surface area (Å²) in [4.78, 5) is 118. The number of benzene rings is 4. The summed E-state index contributed by atoms with van der Waals surface area (Å²) in [6.07, 6.45) is 3.39. The molecule has 5 rings (SSSR count). The van der Waals surface area contributed by atoms with Gasteiger partial charge in [0.25, 0.3) is 21.7 Å². The molecule has 1 aliphatic rings. The molecule has 1 aliphatic heterocycles. The van der Waals surface area contributed by atoms with Gasteiger partial charge >= 0.3 is 5.97 Å². The van der Waals surface area contributed by atoms with Crippen molar-refractivity contribution in [1.29, 1.82) is 0 Å². The average Bonchev–Trinajstić information content (AvgIpc) is 3.60. The molecule has 85 heavy (non-hydrogen) atoms. The molecular weight excluding hydrogens is 1130 g/mol. The van der Waals surface area contributed by atoms with Crippen molar-refractivity contribution in [3.63, 3.8) is 0 Å². The summed E-state index contributed by atoms with van der Waals surface area (Å²) in [6, 6.07) is 15.4. The number of fused-ring (bicyclic) bond motifs is 1. The highest BCUT2D eigenvalue weighted by Crippen LogP contribution is 2.26. The monoisotopic (exact) mass is 1200 g/mol. The van der Waals surface area contributed by atoms with E-state index >= 15 is 0 Å². The molecule has 4 aromatic carbocycles. The molecule has 29 nitrogen and oxygen atoms in total. The number of anilines is 2. The Morgan fingerprint density at radius 2 is 1.33 bits per heavy atom. The predicted octanol–water partition coefficient (Wildman–Crippen LogP) is 1.00. The number of hydrogen-bond donors (Lipinski definition) is 15. The molecular formula is C55H77N15O14S. The van der Waals surface area contributed by atoms with Gasteiger partial charge in [-0.3, -0.25) is 75.1 Å². The highest BCUT2D eigenvalue weighted by Gasteiger charge is 2.39. The van der Waals surface area contributed by atoms with Gasteiger partial charge in [-0.1, -0.05) is 44.2 Å². The SMILES string of the molecule is CC(C)[C@H](NC(=O)[C@@H]1CCCN1C(=O)[C@H](C)NC(=O)[C@H](C)NC(=O)[C@H](CCCCNN)NNCCc1cccc2c(S(=O)(=O)O)cccc12)C(=O)N[C@@H](CCCCNNC(=O)c1ccc(NNc2ccc([N+](=O)[O-])cc2)cc1)C(=O)NCC(=O)O. The second-order valence-electron chi connectivity index (χ2n) is 20.6. The summed E-state index contributed by atoms with van der Waals surface area (Å²) in [6.45, 7) is 6.72. The number of nitrogens with two attached hydrogens (primary N) is 1. The fourth-order valence-corrected chi connectivity index (χ4v) is 9.96. The van der Waals surface area contributed by atoms with E-state index < -0.39 is 111 Å². The highest BCUT2D eigenvalue weighted by atomic mass is 32.2. The Hall–Kier alpha value is -8.39. The number of amides is 7. The summed E-state index contributed by atoms with van der Waals surface area (Å²) < 4.78 is 33.7. The number of nitrogens with one attached hydrogen (secondary N) is 12. The summed E-state index contributed by atoms with van der Waals surface area (Å²) in [5.41, 5.74) is 22.1. The topological polar surface area (TPSA) is 428 Å². The van der Waals surface area contributed by atoms with Crippen LogP contribution < -0.4 is 70.4 Å². The number of aliphatic carboxylic acids is 1. The van der Waals surface area contributed by atoms with E-state index in [1.165, 1.54) is 55.1 Å². The first-order valence-corrected chi connectivity index (χ1v) is 29.2. The van der Waals surface area contributed by atoms with Crippen molar-refractivity contribution in [1.82, 2.24) is 58.6 Å². The van der Waals surface area contributed by atoms with E-state index in [1.807, 2.05) is 6.07 Å². The molecule has 1 heterocycles. The van der Waals surface area contributed by atoms with Crippen LogP contribution >= 0.6 is 0 Å². The first-order chi connectivity index (χ1) is 40.5. The zero-order valence-electron chi connectivity index (χ0n) is 47.7. The minimum absolute atomic E-state index is 0.0494. The first-order valence-electron chi connectivity index (χ1n) is 27.8. The minimum Gasteiger partial charge on any atom is -0.480 e. The summed E-state index contributed by atoms with van der Waals surface area (Å²) in [5.74, 6) is -0.792. The summed E-state index contributed by atoms with van der Waals surface area (Å²) in [5, 5.41) is 34.1. The van der Waals surface area contributed by atoms with Crippen LogP contribution in [0.1, 0.15) is 95.0 Å². The van der Waals surface area contributed by atoms with Crippen molar-refractivity contribution < 1.29 is 61.4 Å². The van der Waals surface area contributed by atoms with Crippen LogP contribution in [0.5, 0.6) is 0 Å². The van der Waals surface area contributed by atoms with E-state index in [1.54, 1.807) is 56.3 Å². The number of likely N-dealkylation sites (tertiary alicyclic amines) is 1. The van der Waals surface area contributed by atoms with E-state index in [-0.39, 0.29) is 36.5 Å². The molecule has 0 saturated carbocycles. The van der Waals surface area contributed by atoms with Crippen LogP contribution in [0.25, 0.3) is 10.8 Å². The molecule has 0 radical (unpaired) electrons. The number of non-ortho nitro benzene ring substituents is 1. The Balaban J connectivity index is 1.09. The van der Waals surface area contributed by atoms with Gasteiger partial charge in [0.05, 0.1) is 22.3 Å². The van der Waals surface area contributed by atoms with Crippen molar-refractivity contribution in [3.05, 3.63) is 106 Å². The quantitative estimate of drug-likeness (QED) is 0.0100. The number of carbonyl (C=O) groups excluding carboxylic acids is 7. The number of nitro benzene ring substituents is 1. The van der Waals surface area contributed by atoms with E-state index in [9.17, 15) is 66.5 Å². The van der Waals surface area contributed by atoms with Crippen molar-refractivity contribution in [2.24, 2.45) is 11.8 Å². The Bertz CT molecular complexity index is 3080. The molecule has 4 aromatic rings. The molecule has 30 heteroatoms. The maximum Gasteiger partial charge on any atom is 0.322 e. The number of carboxylic acids is 1. The molecule has 462 valence electrons. The predicted molar refractivity (Wildman–Crippen MR) is 314 cm³/mol. The number of hydrogen-bond acceptors (Lipinski definition) is 19. The second-order valence-corrected chi connectivity index (χ2v) is 22.0.